The molecule has 78 heavy (non-hydrogen) atoms. The van der Waals surface area contributed by atoms with Gasteiger partial charge in [-0.25, -0.2) is 0 Å². The van der Waals surface area contributed by atoms with Gasteiger partial charge < -0.3 is 8.80 Å². The third-order valence-corrected chi connectivity index (χ3v) is 17.5. The van der Waals surface area contributed by atoms with Gasteiger partial charge in [-0.3, -0.25) is 0 Å². The van der Waals surface area contributed by atoms with Crippen LogP contribution >= 0.6 is 0 Å². The van der Waals surface area contributed by atoms with Crippen molar-refractivity contribution in [3.8, 4) is 55.6 Å². The second kappa shape index (κ2) is 15.6. The van der Waals surface area contributed by atoms with E-state index in [1.807, 2.05) is 0 Å². The predicted octanol–water partition coefficient (Wildman–Crippen LogP) is 20.9. The highest BCUT2D eigenvalue weighted by Crippen LogP contribution is 2.51. The zero-order valence-electron chi connectivity index (χ0n) is 42.3. The minimum atomic E-state index is 1.20. The number of hydrogen-bond donors (Lipinski definition) is 0. The molecule has 18 aromatic rings. The molecule has 2 nitrogen and oxygen atoms in total. The zero-order valence-corrected chi connectivity index (χ0v) is 42.3. The van der Waals surface area contributed by atoms with Crippen LogP contribution in [0.3, 0.4) is 0 Å². The smallest absolute Gasteiger partial charge is 0.0620 e. The molecule has 0 unspecified atom stereocenters. The summed E-state index contributed by atoms with van der Waals surface area (Å²) < 4.78 is 5.00. The van der Waals surface area contributed by atoms with Crippen LogP contribution in [-0.2, 0) is 0 Å². The van der Waals surface area contributed by atoms with Crippen LogP contribution in [0.4, 0.5) is 0 Å². The van der Waals surface area contributed by atoms with Gasteiger partial charge in [0.1, 0.15) is 0 Å². The van der Waals surface area contributed by atoms with Gasteiger partial charge in [0.05, 0.1) is 33.1 Å². The van der Waals surface area contributed by atoms with Crippen molar-refractivity contribution in [3.63, 3.8) is 0 Å². The van der Waals surface area contributed by atoms with E-state index in [2.05, 4.69) is 276 Å². The maximum Gasteiger partial charge on any atom is 0.0620 e. The lowest BCUT2D eigenvalue weighted by atomic mass is 9.82. The normalized spacial score (nSPS) is 12.4. The second-order valence-corrected chi connectivity index (χ2v) is 21.4. The van der Waals surface area contributed by atoms with Gasteiger partial charge in [0.25, 0.3) is 0 Å². The first-order valence-electron chi connectivity index (χ1n) is 27.2. The van der Waals surface area contributed by atoms with E-state index in [0.29, 0.717) is 0 Å². The van der Waals surface area contributed by atoms with Crippen molar-refractivity contribution in [1.82, 2.24) is 8.80 Å². The van der Waals surface area contributed by atoms with Gasteiger partial charge in [-0.05, 0) is 153 Å². The third-order valence-electron chi connectivity index (χ3n) is 17.5. The van der Waals surface area contributed by atoms with Crippen LogP contribution in [0.5, 0.6) is 0 Å². The fourth-order valence-corrected chi connectivity index (χ4v) is 14.3. The summed E-state index contributed by atoms with van der Waals surface area (Å²) in [6.45, 7) is 0. The molecule has 0 atom stereocenters. The van der Waals surface area contributed by atoms with E-state index in [1.54, 1.807) is 0 Å². The van der Waals surface area contributed by atoms with Crippen LogP contribution in [-0.4, -0.2) is 8.80 Å². The molecule has 0 fully saturated rings. The van der Waals surface area contributed by atoms with E-state index < -0.39 is 0 Å². The van der Waals surface area contributed by atoms with Gasteiger partial charge in [0, 0.05) is 43.1 Å². The molecule has 14 aromatic carbocycles. The summed E-state index contributed by atoms with van der Waals surface area (Å²) >= 11 is 0. The van der Waals surface area contributed by atoms with Gasteiger partial charge in [-0.15, -0.1) is 0 Å². The molecule has 0 N–H and O–H groups in total. The summed E-state index contributed by atoms with van der Waals surface area (Å²) in [6, 6.07) is 101. The number of nitrogens with zero attached hydrogens (tertiary/aromatic N) is 2. The summed E-state index contributed by atoms with van der Waals surface area (Å²) in [4.78, 5) is 0. The van der Waals surface area contributed by atoms with E-state index in [1.165, 1.54) is 175 Å². The number of hydrogen-bond acceptors (Lipinski definition) is 0. The van der Waals surface area contributed by atoms with Crippen LogP contribution < -0.4 is 0 Å². The topological polar surface area (TPSA) is 8.82 Å². The average Bonchev–Trinajstić information content (AvgIpc) is 4.42. The SMILES string of the molecule is c1ccc(-c2c3cccc(-c4cc5ccccc5cc4-c4cccc5c4c4cccc6c7ccccc7n5c64)c3cc3c(-c4cc5ccccc5cc4-c4cccc5c4c4cccc6c7ccccc7n5c64)cccc23)cc1. The highest BCUT2D eigenvalue weighted by molar-refractivity contribution is 6.29. The van der Waals surface area contributed by atoms with Crippen LogP contribution in [0.1, 0.15) is 0 Å². The Kier molecular flexibility index (Phi) is 8.42. The lowest BCUT2D eigenvalue weighted by Crippen LogP contribution is -1.94. The fourth-order valence-electron chi connectivity index (χ4n) is 14.3. The van der Waals surface area contributed by atoms with E-state index in [0.717, 1.165) is 0 Å². The molecule has 0 aliphatic carbocycles. The molecule has 0 spiro atoms. The summed E-state index contributed by atoms with van der Waals surface area (Å²) in [7, 11) is 0. The van der Waals surface area contributed by atoms with Crippen LogP contribution in [0.25, 0.3) is 175 Å². The van der Waals surface area contributed by atoms with Crippen molar-refractivity contribution in [2.75, 3.05) is 0 Å². The second-order valence-electron chi connectivity index (χ2n) is 21.4. The van der Waals surface area contributed by atoms with Gasteiger partial charge in [0.2, 0.25) is 0 Å². The average molecular weight is 985 g/mol. The molecule has 358 valence electrons. The Morgan fingerprint density at radius 2 is 0.526 bits per heavy atom. The maximum absolute atomic E-state index is 2.53. The van der Waals surface area contributed by atoms with E-state index >= 15 is 0 Å². The van der Waals surface area contributed by atoms with Gasteiger partial charge >= 0.3 is 0 Å². The Hall–Kier alpha value is -10.3. The van der Waals surface area contributed by atoms with E-state index in [-0.39, 0.29) is 0 Å². The molecule has 0 radical (unpaired) electrons. The van der Waals surface area contributed by atoms with Crippen molar-refractivity contribution in [2.24, 2.45) is 0 Å². The predicted molar refractivity (Wildman–Crippen MR) is 333 cm³/mol. The van der Waals surface area contributed by atoms with Crippen molar-refractivity contribution in [2.45, 2.75) is 0 Å². The van der Waals surface area contributed by atoms with E-state index in [4.69, 9.17) is 0 Å². The standard InChI is InChI=1S/C76H44N2/c1-2-18-45(19-3-1)72-54-28-12-26-50(62-40-46-20-4-6-22-48(46)42-64(62)56-30-16-38-70-73(56)60-34-14-32-58-52-24-8-10-36-68(52)77(70)75(58)60)66(54)44-67-51(27-13-29-55(67)72)63-41-47-21-5-7-23-49(47)43-65(63)57-31-17-39-71-74(57)61-35-15-33-59-53-25-9-11-37-69(53)78(71)76(59)61/h1-44H. The van der Waals surface area contributed by atoms with Crippen molar-refractivity contribution >= 4 is 119 Å². The Balaban J connectivity index is 0.949. The van der Waals surface area contributed by atoms with Gasteiger partial charge in [0.15, 0.2) is 0 Å². The number of fused-ring (bicyclic) bond motifs is 16. The summed E-state index contributed by atoms with van der Waals surface area (Å²) in [6.07, 6.45) is 0. The lowest BCUT2D eigenvalue weighted by Gasteiger charge is -2.20. The molecule has 0 aliphatic rings. The Morgan fingerprint density at radius 1 is 0.192 bits per heavy atom. The molecule has 0 saturated heterocycles. The molecule has 4 heterocycles. The lowest BCUT2D eigenvalue weighted by molar-refractivity contribution is 1.37. The van der Waals surface area contributed by atoms with Gasteiger partial charge in [-0.1, -0.05) is 212 Å². The third kappa shape index (κ3) is 5.60. The summed E-state index contributed by atoms with van der Waals surface area (Å²) in [5.74, 6) is 0. The van der Waals surface area contributed by atoms with Crippen LogP contribution in [0.15, 0.2) is 267 Å². The molecule has 0 aliphatic heterocycles. The molecular weight excluding hydrogens is 941 g/mol. The summed E-state index contributed by atoms with van der Waals surface area (Å²) in [5.41, 5.74) is 19.7. The van der Waals surface area contributed by atoms with Crippen LogP contribution in [0, 0.1) is 0 Å². The minimum Gasteiger partial charge on any atom is -0.308 e. The Bertz CT molecular complexity index is 5240. The Morgan fingerprint density at radius 3 is 1.00 bits per heavy atom. The summed E-state index contributed by atoms with van der Waals surface area (Å²) in [5, 5.41) is 20.1. The first-order valence-corrected chi connectivity index (χ1v) is 27.2. The molecule has 4 aromatic heterocycles. The van der Waals surface area contributed by atoms with Crippen LogP contribution in [0.2, 0.25) is 0 Å². The monoisotopic (exact) mass is 984 g/mol. The molecule has 0 amide bonds. The van der Waals surface area contributed by atoms with Crippen molar-refractivity contribution in [1.29, 1.82) is 0 Å². The molecular formula is C76H44N2. The maximum atomic E-state index is 2.53. The fraction of sp³-hybridized carbons (Fsp3) is 0. The molecule has 2 heteroatoms. The van der Waals surface area contributed by atoms with Gasteiger partial charge in [-0.2, -0.15) is 0 Å². The highest BCUT2D eigenvalue weighted by atomic mass is 14.9. The molecule has 18 rings (SSSR count). The largest absolute Gasteiger partial charge is 0.308 e. The first-order chi connectivity index (χ1) is 38.7. The highest BCUT2D eigenvalue weighted by Gasteiger charge is 2.25. The molecule has 0 saturated carbocycles. The van der Waals surface area contributed by atoms with Crippen molar-refractivity contribution in [3.05, 3.63) is 267 Å². The zero-order chi connectivity index (χ0) is 50.7. The quantitative estimate of drug-likeness (QED) is 0.152. The molecule has 0 bridgehead atoms. The number of benzene rings is 14. The Labute approximate surface area is 448 Å². The number of aromatic nitrogens is 2. The van der Waals surface area contributed by atoms with E-state index in [9.17, 15) is 0 Å². The van der Waals surface area contributed by atoms with Crippen molar-refractivity contribution < 1.29 is 0 Å². The minimum absolute atomic E-state index is 1.20. The first kappa shape index (κ1) is 42.0. The number of para-hydroxylation sites is 4. The number of rotatable bonds is 5.